The van der Waals surface area contributed by atoms with Crippen LogP contribution in [-0.2, 0) is 0 Å². The molecule has 0 bridgehead atoms. The topological polar surface area (TPSA) is 14.8 Å². The zero-order valence-electron chi connectivity index (χ0n) is 31.3. The minimum atomic E-state index is 0.961. The third kappa shape index (κ3) is 4.92. The molecule has 0 atom stereocenters. The molecule has 0 N–H and O–H groups in total. The Labute approximate surface area is 330 Å². The number of aromatic nitrogens is 3. The fourth-order valence-electron chi connectivity index (χ4n) is 9.57. The second kappa shape index (κ2) is 12.6. The molecule has 0 aliphatic heterocycles. The first-order chi connectivity index (χ1) is 28.3. The van der Waals surface area contributed by atoms with E-state index < -0.39 is 0 Å². The molecular formula is C54H37N3. The molecule has 8 aromatic carbocycles. The van der Waals surface area contributed by atoms with Gasteiger partial charge in [-0.25, -0.2) is 0 Å². The Kier molecular flexibility index (Phi) is 7.05. The largest absolute Gasteiger partial charge is 0.313 e. The maximum atomic E-state index is 2.49. The number of benzene rings is 8. The Morgan fingerprint density at radius 2 is 0.737 bits per heavy atom. The summed E-state index contributed by atoms with van der Waals surface area (Å²) in [5.41, 5.74) is 16.2. The number of nitrogens with zero attached hydrogens (tertiary/aromatic N) is 3. The van der Waals surface area contributed by atoms with Gasteiger partial charge in [-0.1, -0.05) is 121 Å². The first kappa shape index (κ1) is 31.9. The maximum absolute atomic E-state index is 2.49. The first-order valence-electron chi connectivity index (χ1n) is 19.9. The van der Waals surface area contributed by atoms with E-state index in [-0.39, 0.29) is 0 Å². The molecule has 0 amide bonds. The normalized spacial score (nSPS) is 13.3. The van der Waals surface area contributed by atoms with Crippen LogP contribution in [0.4, 0.5) is 0 Å². The fraction of sp³-hybridized carbons (Fsp3) is 0.0370. The van der Waals surface area contributed by atoms with E-state index in [1.165, 1.54) is 105 Å². The van der Waals surface area contributed by atoms with E-state index in [0.717, 1.165) is 12.8 Å². The van der Waals surface area contributed by atoms with Crippen molar-refractivity contribution in [1.82, 2.24) is 13.7 Å². The maximum Gasteiger partial charge on any atom is 0.0541 e. The molecule has 0 saturated heterocycles. The van der Waals surface area contributed by atoms with Gasteiger partial charge in [0.15, 0.2) is 0 Å². The van der Waals surface area contributed by atoms with E-state index in [0.29, 0.717) is 0 Å². The highest BCUT2D eigenvalue weighted by molar-refractivity contribution is 6.13. The van der Waals surface area contributed by atoms with Crippen molar-refractivity contribution in [3.63, 3.8) is 0 Å². The van der Waals surface area contributed by atoms with Crippen LogP contribution in [0.5, 0.6) is 0 Å². The average molecular weight is 728 g/mol. The number of hydrogen-bond acceptors (Lipinski definition) is 0. The lowest BCUT2D eigenvalue weighted by molar-refractivity contribution is 0.991. The average Bonchev–Trinajstić information content (AvgIpc) is 3.92. The SMILES string of the molecule is C1=C(c2cccc(-n3c4ccccc4c4ccccc43)c2)CCC(n2c3ccccc3c3cc(-c4ccc5c(c4)c4ccccc4n5-c4ccccc4)ccc32)=C1. The summed E-state index contributed by atoms with van der Waals surface area (Å²) in [4.78, 5) is 0. The van der Waals surface area contributed by atoms with Gasteiger partial charge in [0.1, 0.15) is 0 Å². The molecule has 1 aliphatic rings. The van der Waals surface area contributed by atoms with E-state index in [9.17, 15) is 0 Å². The van der Waals surface area contributed by atoms with Crippen LogP contribution in [0.25, 0.3) is 99.2 Å². The molecule has 3 heterocycles. The summed E-state index contributed by atoms with van der Waals surface area (Å²) < 4.78 is 7.28. The highest BCUT2D eigenvalue weighted by Crippen LogP contribution is 2.40. The Bertz CT molecular complexity index is 3400. The van der Waals surface area contributed by atoms with Crippen molar-refractivity contribution in [2.45, 2.75) is 12.8 Å². The van der Waals surface area contributed by atoms with Gasteiger partial charge in [-0.15, -0.1) is 0 Å². The molecule has 0 unspecified atom stereocenters. The number of para-hydroxylation sites is 5. The Hall–Kier alpha value is -7.36. The van der Waals surface area contributed by atoms with Crippen LogP contribution in [0.1, 0.15) is 18.4 Å². The van der Waals surface area contributed by atoms with Crippen LogP contribution < -0.4 is 0 Å². The summed E-state index contributed by atoms with van der Waals surface area (Å²) in [6.45, 7) is 0. The molecular weight excluding hydrogens is 691 g/mol. The van der Waals surface area contributed by atoms with Gasteiger partial charge in [-0.3, -0.25) is 0 Å². The Morgan fingerprint density at radius 3 is 1.30 bits per heavy atom. The smallest absolute Gasteiger partial charge is 0.0541 e. The van der Waals surface area contributed by atoms with Gasteiger partial charge in [0.2, 0.25) is 0 Å². The van der Waals surface area contributed by atoms with Gasteiger partial charge in [0, 0.05) is 49.4 Å². The molecule has 0 saturated carbocycles. The molecule has 268 valence electrons. The molecule has 0 fully saturated rings. The van der Waals surface area contributed by atoms with E-state index in [1.54, 1.807) is 0 Å². The Morgan fingerprint density at radius 1 is 0.281 bits per heavy atom. The van der Waals surface area contributed by atoms with Gasteiger partial charge in [-0.2, -0.15) is 0 Å². The van der Waals surface area contributed by atoms with E-state index >= 15 is 0 Å². The molecule has 12 rings (SSSR count). The number of fused-ring (bicyclic) bond motifs is 9. The van der Waals surface area contributed by atoms with Crippen molar-refractivity contribution in [3.8, 4) is 22.5 Å². The van der Waals surface area contributed by atoms with Crippen LogP contribution in [0.15, 0.2) is 200 Å². The molecule has 3 nitrogen and oxygen atoms in total. The predicted octanol–water partition coefficient (Wildman–Crippen LogP) is 14.4. The summed E-state index contributed by atoms with van der Waals surface area (Å²) in [6, 6.07) is 68.9. The van der Waals surface area contributed by atoms with Crippen LogP contribution in [0.3, 0.4) is 0 Å². The van der Waals surface area contributed by atoms with Crippen molar-refractivity contribution < 1.29 is 0 Å². The summed E-state index contributed by atoms with van der Waals surface area (Å²) >= 11 is 0. The van der Waals surface area contributed by atoms with Gasteiger partial charge in [0.05, 0.1) is 33.1 Å². The van der Waals surface area contributed by atoms with Crippen molar-refractivity contribution in [2.75, 3.05) is 0 Å². The lowest BCUT2D eigenvalue weighted by atomic mass is 9.95. The first-order valence-corrected chi connectivity index (χ1v) is 19.9. The fourth-order valence-corrected chi connectivity index (χ4v) is 9.57. The lowest BCUT2D eigenvalue weighted by Crippen LogP contribution is -2.02. The standard InChI is InChI=1S/C54H37N3/c1-2-14-40(15-3-1)55-51-23-10-6-19-45(51)47-34-38(27-31-53(47)55)39-28-32-54-48(35-39)46-20-7-11-24-52(46)56(54)41-29-25-36(26-30-41)37-13-12-16-42(33-37)57-49-21-8-4-17-43(49)44-18-5-9-22-50(44)57/h1-25,27-29,31-35H,26,30H2. The van der Waals surface area contributed by atoms with Gasteiger partial charge in [-0.05, 0) is 114 Å². The second-order valence-corrected chi connectivity index (χ2v) is 15.3. The zero-order valence-corrected chi connectivity index (χ0v) is 31.3. The number of hydrogen-bond donors (Lipinski definition) is 0. The highest BCUT2D eigenvalue weighted by Gasteiger charge is 2.19. The summed E-state index contributed by atoms with van der Waals surface area (Å²) in [7, 11) is 0. The quantitative estimate of drug-likeness (QED) is 0.168. The van der Waals surface area contributed by atoms with Gasteiger partial charge in [0.25, 0.3) is 0 Å². The zero-order chi connectivity index (χ0) is 37.5. The predicted molar refractivity (Wildman–Crippen MR) is 241 cm³/mol. The van der Waals surface area contributed by atoms with Crippen LogP contribution in [0.2, 0.25) is 0 Å². The summed E-state index contributed by atoms with van der Waals surface area (Å²) in [5.74, 6) is 0. The van der Waals surface area contributed by atoms with Gasteiger partial charge < -0.3 is 13.7 Å². The molecule has 1 aliphatic carbocycles. The molecule has 3 aromatic heterocycles. The van der Waals surface area contributed by atoms with E-state index in [1.807, 2.05) is 0 Å². The van der Waals surface area contributed by atoms with Crippen molar-refractivity contribution in [1.29, 1.82) is 0 Å². The van der Waals surface area contributed by atoms with E-state index in [4.69, 9.17) is 0 Å². The van der Waals surface area contributed by atoms with Crippen LogP contribution >= 0.6 is 0 Å². The minimum absolute atomic E-state index is 0.961. The Balaban J connectivity index is 0.936. The molecule has 11 aromatic rings. The monoisotopic (exact) mass is 727 g/mol. The second-order valence-electron chi connectivity index (χ2n) is 15.3. The van der Waals surface area contributed by atoms with Crippen LogP contribution in [-0.4, -0.2) is 13.7 Å². The van der Waals surface area contributed by atoms with Gasteiger partial charge >= 0.3 is 0 Å². The van der Waals surface area contributed by atoms with E-state index in [2.05, 4.69) is 214 Å². The van der Waals surface area contributed by atoms with Crippen molar-refractivity contribution >= 4 is 76.7 Å². The third-order valence-corrected chi connectivity index (χ3v) is 12.2. The number of rotatable bonds is 5. The minimum Gasteiger partial charge on any atom is -0.313 e. The number of allylic oxidation sites excluding steroid dienone is 4. The van der Waals surface area contributed by atoms with Crippen LogP contribution in [0, 0.1) is 0 Å². The van der Waals surface area contributed by atoms with Crippen molar-refractivity contribution in [2.24, 2.45) is 0 Å². The third-order valence-electron chi connectivity index (χ3n) is 12.2. The molecule has 57 heavy (non-hydrogen) atoms. The molecule has 0 radical (unpaired) electrons. The molecule has 3 heteroatoms. The molecule has 0 spiro atoms. The van der Waals surface area contributed by atoms with Crippen molar-refractivity contribution in [3.05, 3.63) is 206 Å². The lowest BCUT2D eigenvalue weighted by Gasteiger charge is -2.19. The summed E-state index contributed by atoms with van der Waals surface area (Å²) in [5, 5.41) is 7.68. The highest BCUT2D eigenvalue weighted by atomic mass is 15.0. The summed E-state index contributed by atoms with van der Waals surface area (Å²) in [6.07, 6.45) is 6.64.